The number of hydrogen-bond donors (Lipinski definition) is 1. The number of aryl methyl sites for hydroxylation is 1. The van der Waals surface area contributed by atoms with E-state index in [1.54, 1.807) is 23.5 Å². The van der Waals surface area contributed by atoms with Crippen LogP contribution in [-0.4, -0.2) is 0 Å². The van der Waals surface area contributed by atoms with E-state index >= 15 is 0 Å². The summed E-state index contributed by atoms with van der Waals surface area (Å²) in [4.78, 5) is 2.58. The Kier molecular flexibility index (Phi) is 3.68. The summed E-state index contributed by atoms with van der Waals surface area (Å²) in [5.41, 5.74) is 1.41. The van der Waals surface area contributed by atoms with Crippen LogP contribution in [0.4, 0.5) is 5.69 Å². The van der Waals surface area contributed by atoms with Crippen molar-refractivity contribution >= 4 is 28.6 Å². The average molecular weight is 263 g/mol. The first kappa shape index (κ1) is 12.0. The minimum atomic E-state index is 0.491. The molecule has 4 heteroatoms. The van der Waals surface area contributed by atoms with E-state index in [-0.39, 0.29) is 0 Å². The van der Waals surface area contributed by atoms with E-state index in [2.05, 4.69) is 30.4 Å². The molecule has 86 valence electrons. The topological polar surface area (TPSA) is 35.8 Å². The summed E-state index contributed by atoms with van der Waals surface area (Å²) in [6.07, 6.45) is 0. The number of thiophene rings is 1. The fourth-order valence-corrected chi connectivity index (χ4v) is 2.48. The van der Waals surface area contributed by atoms with Gasteiger partial charge in [-0.1, -0.05) is 11.6 Å². The van der Waals surface area contributed by atoms with Crippen LogP contribution in [0.25, 0.3) is 0 Å². The summed E-state index contributed by atoms with van der Waals surface area (Å²) in [6.45, 7) is 2.86. The molecule has 0 saturated carbocycles. The molecular weight excluding hydrogens is 252 g/mol. The molecule has 0 aliphatic heterocycles. The summed E-state index contributed by atoms with van der Waals surface area (Å²) in [5.74, 6) is 0. The van der Waals surface area contributed by atoms with Crippen molar-refractivity contribution in [1.82, 2.24) is 0 Å². The molecule has 0 bridgehead atoms. The minimum absolute atomic E-state index is 0.491. The quantitative estimate of drug-likeness (QED) is 0.900. The van der Waals surface area contributed by atoms with E-state index in [0.717, 1.165) is 12.2 Å². The van der Waals surface area contributed by atoms with Crippen LogP contribution in [-0.2, 0) is 6.54 Å². The molecule has 2 rings (SSSR count). The zero-order chi connectivity index (χ0) is 12.3. The molecule has 2 aromatic rings. The Bertz CT molecular complexity index is 569. The number of nitrogens with zero attached hydrogens (tertiary/aromatic N) is 1. The average Bonchev–Trinajstić information content (AvgIpc) is 2.74. The molecule has 1 heterocycles. The van der Waals surface area contributed by atoms with E-state index in [0.29, 0.717) is 10.6 Å². The van der Waals surface area contributed by atoms with Gasteiger partial charge in [-0.2, -0.15) is 5.26 Å². The summed E-state index contributed by atoms with van der Waals surface area (Å²) < 4.78 is 0. The zero-order valence-corrected chi connectivity index (χ0v) is 10.9. The Morgan fingerprint density at radius 2 is 2.18 bits per heavy atom. The Morgan fingerprint density at radius 1 is 1.35 bits per heavy atom. The van der Waals surface area contributed by atoms with Crippen molar-refractivity contribution in [3.8, 4) is 6.07 Å². The summed E-state index contributed by atoms with van der Waals surface area (Å²) in [6, 6.07) is 11.7. The lowest BCUT2D eigenvalue weighted by atomic mass is 10.2. The van der Waals surface area contributed by atoms with Gasteiger partial charge in [0.05, 0.1) is 10.6 Å². The first-order valence-electron chi connectivity index (χ1n) is 5.18. The van der Waals surface area contributed by atoms with Crippen molar-refractivity contribution in [2.75, 3.05) is 5.32 Å². The van der Waals surface area contributed by atoms with Crippen LogP contribution >= 0.6 is 22.9 Å². The van der Waals surface area contributed by atoms with E-state index in [1.165, 1.54) is 9.75 Å². The molecule has 0 saturated heterocycles. The van der Waals surface area contributed by atoms with Crippen molar-refractivity contribution < 1.29 is 0 Å². The van der Waals surface area contributed by atoms with Gasteiger partial charge >= 0.3 is 0 Å². The standard InChI is InChI=1S/C13H11ClN2S/c1-9-2-4-12(17-9)8-16-11-3-5-13(14)10(6-11)7-15/h2-6,16H,8H2,1H3. The van der Waals surface area contributed by atoms with Crippen LogP contribution in [0, 0.1) is 18.3 Å². The molecule has 0 fully saturated rings. The third-order valence-electron chi connectivity index (χ3n) is 2.35. The van der Waals surface area contributed by atoms with Gasteiger partial charge in [0.25, 0.3) is 0 Å². The van der Waals surface area contributed by atoms with Gasteiger partial charge in [0.15, 0.2) is 0 Å². The molecule has 0 radical (unpaired) electrons. The highest BCUT2D eigenvalue weighted by molar-refractivity contribution is 7.11. The molecule has 0 aliphatic rings. The van der Waals surface area contributed by atoms with Crippen molar-refractivity contribution in [1.29, 1.82) is 5.26 Å². The lowest BCUT2D eigenvalue weighted by molar-refractivity contribution is 1.19. The number of benzene rings is 1. The highest BCUT2D eigenvalue weighted by atomic mass is 35.5. The molecule has 1 aromatic carbocycles. The first-order chi connectivity index (χ1) is 8.19. The molecule has 1 aromatic heterocycles. The van der Waals surface area contributed by atoms with Crippen molar-refractivity contribution in [3.05, 3.63) is 50.7 Å². The Morgan fingerprint density at radius 3 is 2.82 bits per heavy atom. The van der Waals surface area contributed by atoms with Gasteiger partial charge in [0, 0.05) is 22.0 Å². The monoisotopic (exact) mass is 262 g/mol. The number of halogens is 1. The van der Waals surface area contributed by atoms with E-state index < -0.39 is 0 Å². The van der Waals surface area contributed by atoms with Crippen molar-refractivity contribution in [2.45, 2.75) is 13.5 Å². The smallest absolute Gasteiger partial charge is 0.101 e. The lowest BCUT2D eigenvalue weighted by Gasteiger charge is -2.05. The fraction of sp³-hybridized carbons (Fsp3) is 0.154. The van der Waals surface area contributed by atoms with Crippen LogP contribution in [0.15, 0.2) is 30.3 Å². The van der Waals surface area contributed by atoms with Gasteiger partial charge in [-0.25, -0.2) is 0 Å². The van der Waals surface area contributed by atoms with Gasteiger partial charge < -0.3 is 5.32 Å². The summed E-state index contributed by atoms with van der Waals surface area (Å²) in [5, 5.41) is 12.6. The van der Waals surface area contributed by atoms with E-state index in [1.807, 2.05) is 6.07 Å². The van der Waals surface area contributed by atoms with Crippen molar-refractivity contribution in [2.24, 2.45) is 0 Å². The maximum atomic E-state index is 8.87. The third-order valence-corrected chi connectivity index (χ3v) is 3.68. The predicted octanol–water partition coefficient (Wildman–Crippen LogP) is 4.19. The molecular formula is C13H11ClN2S. The molecule has 0 spiro atoms. The van der Waals surface area contributed by atoms with Gasteiger partial charge in [0.1, 0.15) is 6.07 Å². The minimum Gasteiger partial charge on any atom is -0.380 e. The highest BCUT2D eigenvalue weighted by Gasteiger charge is 2.01. The molecule has 0 aliphatic carbocycles. The number of nitriles is 1. The summed E-state index contributed by atoms with van der Waals surface area (Å²) >= 11 is 7.64. The lowest BCUT2D eigenvalue weighted by Crippen LogP contribution is -1.97. The van der Waals surface area contributed by atoms with E-state index in [4.69, 9.17) is 16.9 Å². The first-order valence-corrected chi connectivity index (χ1v) is 6.37. The van der Waals surface area contributed by atoms with E-state index in [9.17, 15) is 0 Å². The van der Waals surface area contributed by atoms with Gasteiger partial charge in [0.2, 0.25) is 0 Å². The van der Waals surface area contributed by atoms with Crippen LogP contribution in [0.3, 0.4) is 0 Å². The number of nitrogens with one attached hydrogen (secondary N) is 1. The van der Waals surface area contributed by atoms with Crippen LogP contribution in [0.2, 0.25) is 5.02 Å². The SMILES string of the molecule is Cc1ccc(CNc2ccc(Cl)c(C#N)c2)s1. The molecule has 17 heavy (non-hydrogen) atoms. The Labute approximate surface area is 109 Å². The largest absolute Gasteiger partial charge is 0.380 e. The third kappa shape index (κ3) is 3.00. The maximum absolute atomic E-state index is 8.87. The second-order valence-corrected chi connectivity index (χ2v) is 5.45. The van der Waals surface area contributed by atoms with Gasteiger partial charge in [-0.3, -0.25) is 0 Å². The Balaban J connectivity index is 2.07. The second-order valence-electron chi connectivity index (χ2n) is 3.67. The molecule has 2 nitrogen and oxygen atoms in total. The normalized spacial score (nSPS) is 9.94. The van der Waals surface area contributed by atoms with Crippen LogP contribution in [0.1, 0.15) is 15.3 Å². The summed E-state index contributed by atoms with van der Waals surface area (Å²) in [7, 11) is 0. The Hall–Kier alpha value is -1.50. The van der Waals surface area contributed by atoms with Gasteiger partial charge in [-0.05, 0) is 37.3 Å². The fourth-order valence-electron chi connectivity index (χ4n) is 1.49. The predicted molar refractivity (Wildman–Crippen MR) is 72.5 cm³/mol. The molecule has 0 amide bonds. The molecule has 0 atom stereocenters. The molecule has 1 N–H and O–H groups in total. The maximum Gasteiger partial charge on any atom is 0.101 e. The van der Waals surface area contributed by atoms with Crippen LogP contribution < -0.4 is 5.32 Å². The van der Waals surface area contributed by atoms with Crippen LogP contribution in [0.5, 0.6) is 0 Å². The number of rotatable bonds is 3. The molecule has 0 unspecified atom stereocenters. The second kappa shape index (κ2) is 5.22. The number of hydrogen-bond acceptors (Lipinski definition) is 3. The zero-order valence-electron chi connectivity index (χ0n) is 9.33. The van der Waals surface area contributed by atoms with Gasteiger partial charge in [-0.15, -0.1) is 11.3 Å². The number of anilines is 1. The van der Waals surface area contributed by atoms with Crippen molar-refractivity contribution in [3.63, 3.8) is 0 Å². The highest BCUT2D eigenvalue weighted by Crippen LogP contribution is 2.21.